The molecule has 0 bridgehead atoms. The standard InChI is InChI=1S/C23H26FNO6/c1-2-12-3-5-13(6-4-12)7-14-10-25-16-8-15(24)9-17(19(14)16)30-23-22(29)21(28)20(27)18(11-26)31-23/h3-6,8-10,18,20-23,25-29H,2,7,11H2,1H3/t18-,20-,21+,22-,23-/m1/s1. The Balaban J connectivity index is 1.66. The molecule has 4 rings (SSSR count). The molecule has 31 heavy (non-hydrogen) atoms. The van der Waals surface area contributed by atoms with Gasteiger partial charge in [-0.2, -0.15) is 0 Å². The Labute approximate surface area is 178 Å². The second-order valence-corrected chi connectivity index (χ2v) is 7.80. The van der Waals surface area contributed by atoms with Gasteiger partial charge in [-0.05, 0) is 35.6 Å². The fourth-order valence-electron chi connectivity index (χ4n) is 3.90. The Morgan fingerprint density at radius 1 is 1.03 bits per heavy atom. The van der Waals surface area contributed by atoms with E-state index in [4.69, 9.17) is 9.47 Å². The van der Waals surface area contributed by atoms with Crippen molar-refractivity contribution in [1.82, 2.24) is 4.98 Å². The van der Waals surface area contributed by atoms with Crippen molar-refractivity contribution in [2.45, 2.75) is 50.5 Å². The summed E-state index contributed by atoms with van der Waals surface area (Å²) >= 11 is 0. The average molecular weight is 431 g/mol. The van der Waals surface area contributed by atoms with Gasteiger partial charge < -0.3 is 34.9 Å². The van der Waals surface area contributed by atoms with Gasteiger partial charge in [0, 0.05) is 17.6 Å². The van der Waals surface area contributed by atoms with Crippen molar-refractivity contribution < 1.29 is 34.3 Å². The number of aryl methyl sites for hydroxylation is 1. The highest BCUT2D eigenvalue weighted by atomic mass is 19.1. The molecule has 0 unspecified atom stereocenters. The number of aromatic amines is 1. The van der Waals surface area contributed by atoms with Gasteiger partial charge in [0.05, 0.1) is 12.1 Å². The van der Waals surface area contributed by atoms with E-state index in [0.717, 1.165) is 17.5 Å². The molecule has 3 aromatic rings. The van der Waals surface area contributed by atoms with Crippen LogP contribution in [0.5, 0.6) is 5.75 Å². The van der Waals surface area contributed by atoms with Gasteiger partial charge in [-0.15, -0.1) is 0 Å². The number of rotatable bonds is 6. The molecular formula is C23H26FNO6. The summed E-state index contributed by atoms with van der Waals surface area (Å²) in [6.07, 6.45) is -3.88. The van der Waals surface area contributed by atoms with Crippen molar-refractivity contribution in [2.75, 3.05) is 6.61 Å². The lowest BCUT2D eigenvalue weighted by Gasteiger charge is -2.39. The third-order valence-electron chi connectivity index (χ3n) is 5.71. The molecular weight excluding hydrogens is 405 g/mol. The molecule has 7 nitrogen and oxygen atoms in total. The topological polar surface area (TPSA) is 115 Å². The van der Waals surface area contributed by atoms with E-state index < -0.39 is 43.1 Å². The van der Waals surface area contributed by atoms with E-state index in [1.807, 2.05) is 12.1 Å². The third kappa shape index (κ3) is 4.30. The van der Waals surface area contributed by atoms with Gasteiger partial charge in [-0.3, -0.25) is 0 Å². The monoisotopic (exact) mass is 431 g/mol. The van der Waals surface area contributed by atoms with Gasteiger partial charge in [0.1, 0.15) is 36.0 Å². The first-order valence-electron chi connectivity index (χ1n) is 10.3. The van der Waals surface area contributed by atoms with Crippen molar-refractivity contribution in [3.05, 3.63) is 65.1 Å². The number of fused-ring (bicyclic) bond motifs is 1. The lowest BCUT2D eigenvalue weighted by atomic mass is 9.99. The number of H-pyrrole nitrogens is 1. The van der Waals surface area contributed by atoms with Crippen LogP contribution < -0.4 is 4.74 Å². The SMILES string of the molecule is CCc1ccc(Cc2c[nH]c3cc(F)cc(O[C@@H]4O[C@H](CO)[C@@H](O)[C@H](O)[C@H]4O)c23)cc1. The Kier molecular flexibility index (Phi) is 6.27. The lowest BCUT2D eigenvalue weighted by Crippen LogP contribution is -2.60. The normalized spacial score (nSPS) is 26.3. The van der Waals surface area contributed by atoms with Crippen molar-refractivity contribution in [2.24, 2.45) is 0 Å². The maximum Gasteiger partial charge on any atom is 0.229 e. The molecule has 0 spiro atoms. The van der Waals surface area contributed by atoms with E-state index >= 15 is 0 Å². The molecule has 1 fully saturated rings. The summed E-state index contributed by atoms with van der Waals surface area (Å²) in [5, 5.41) is 40.3. The van der Waals surface area contributed by atoms with Crippen LogP contribution in [0, 0.1) is 5.82 Å². The van der Waals surface area contributed by atoms with Crippen LogP contribution in [0.3, 0.4) is 0 Å². The zero-order valence-electron chi connectivity index (χ0n) is 17.0. The fraction of sp³-hybridized carbons (Fsp3) is 0.391. The van der Waals surface area contributed by atoms with Gasteiger partial charge >= 0.3 is 0 Å². The molecule has 0 amide bonds. The van der Waals surface area contributed by atoms with Gasteiger partial charge in [0.2, 0.25) is 6.29 Å². The second kappa shape index (κ2) is 8.94. The number of benzene rings is 2. The third-order valence-corrected chi connectivity index (χ3v) is 5.71. The van der Waals surface area contributed by atoms with E-state index in [9.17, 15) is 24.8 Å². The van der Waals surface area contributed by atoms with Crippen LogP contribution in [0.1, 0.15) is 23.6 Å². The van der Waals surface area contributed by atoms with Crippen LogP contribution in [-0.4, -0.2) is 62.7 Å². The highest BCUT2D eigenvalue weighted by Gasteiger charge is 2.44. The summed E-state index contributed by atoms with van der Waals surface area (Å²) in [6.45, 7) is 1.51. The number of ether oxygens (including phenoxy) is 2. The van der Waals surface area contributed by atoms with Gasteiger partial charge in [0.25, 0.3) is 0 Å². The zero-order valence-corrected chi connectivity index (χ0v) is 17.0. The Bertz CT molecular complexity index is 1030. The molecule has 1 aliphatic heterocycles. The second-order valence-electron chi connectivity index (χ2n) is 7.80. The minimum Gasteiger partial charge on any atom is -0.461 e. The predicted octanol–water partition coefficient (Wildman–Crippen LogP) is 1.64. The van der Waals surface area contributed by atoms with E-state index in [1.165, 1.54) is 17.7 Å². The summed E-state index contributed by atoms with van der Waals surface area (Å²) in [5.74, 6) is -0.423. The zero-order chi connectivity index (χ0) is 22.1. The molecule has 1 aromatic heterocycles. The first kappa shape index (κ1) is 21.7. The molecule has 2 heterocycles. The molecule has 0 saturated carbocycles. The van der Waals surface area contributed by atoms with Crippen LogP contribution in [0.2, 0.25) is 0 Å². The fourth-order valence-corrected chi connectivity index (χ4v) is 3.90. The van der Waals surface area contributed by atoms with E-state index in [1.54, 1.807) is 6.20 Å². The molecule has 1 aliphatic rings. The minimum atomic E-state index is -1.58. The first-order chi connectivity index (χ1) is 14.9. The summed E-state index contributed by atoms with van der Waals surface area (Å²) < 4.78 is 25.4. The summed E-state index contributed by atoms with van der Waals surface area (Å²) in [4.78, 5) is 3.04. The number of halogens is 1. The lowest BCUT2D eigenvalue weighted by molar-refractivity contribution is -0.277. The van der Waals surface area contributed by atoms with E-state index in [0.29, 0.717) is 17.3 Å². The van der Waals surface area contributed by atoms with Crippen molar-refractivity contribution >= 4 is 10.9 Å². The van der Waals surface area contributed by atoms with Crippen LogP contribution in [0.4, 0.5) is 4.39 Å². The average Bonchev–Trinajstić information content (AvgIpc) is 3.17. The largest absolute Gasteiger partial charge is 0.461 e. The molecule has 0 radical (unpaired) electrons. The van der Waals surface area contributed by atoms with Gasteiger partial charge in [-0.1, -0.05) is 31.2 Å². The van der Waals surface area contributed by atoms with Crippen LogP contribution >= 0.6 is 0 Å². The van der Waals surface area contributed by atoms with Gasteiger partial charge in [0.15, 0.2) is 0 Å². The first-order valence-corrected chi connectivity index (χ1v) is 10.3. The molecule has 5 atom stereocenters. The molecule has 0 aliphatic carbocycles. The van der Waals surface area contributed by atoms with Crippen molar-refractivity contribution in [1.29, 1.82) is 0 Å². The van der Waals surface area contributed by atoms with Crippen LogP contribution in [0.15, 0.2) is 42.6 Å². The molecule has 8 heteroatoms. The van der Waals surface area contributed by atoms with E-state index in [2.05, 4.69) is 24.0 Å². The van der Waals surface area contributed by atoms with Crippen LogP contribution in [-0.2, 0) is 17.6 Å². The minimum absolute atomic E-state index is 0.126. The highest BCUT2D eigenvalue weighted by molar-refractivity contribution is 5.89. The number of aliphatic hydroxyl groups excluding tert-OH is 4. The number of hydrogen-bond donors (Lipinski definition) is 5. The Hall–Kier alpha value is -2.49. The van der Waals surface area contributed by atoms with Gasteiger partial charge in [-0.25, -0.2) is 4.39 Å². The molecule has 166 valence electrons. The maximum absolute atomic E-state index is 14.2. The Morgan fingerprint density at radius 2 is 1.74 bits per heavy atom. The Morgan fingerprint density at radius 3 is 2.42 bits per heavy atom. The maximum atomic E-state index is 14.2. The van der Waals surface area contributed by atoms with Crippen molar-refractivity contribution in [3.8, 4) is 5.75 Å². The quantitative estimate of drug-likeness (QED) is 0.405. The summed E-state index contributed by atoms with van der Waals surface area (Å²) in [5.41, 5.74) is 3.68. The number of hydrogen-bond acceptors (Lipinski definition) is 6. The molecule has 1 saturated heterocycles. The van der Waals surface area contributed by atoms with Crippen LogP contribution in [0.25, 0.3) is 10.9 Å². The number of aromatic nitrogens is 1. The summed E-state index contributed by atoms with van der Waals surface area (Å²) in [6, 6.07) is 10.7. The summed E-state index contributed by atoms with van der Waals surface area (Å²) in [7, 11) is 0. The molecule has 5 N–H and O–H groups in total. The highest BCUT2D eigenvalue weighted by Crippen LogP contribution is 2.34. The van der Waals surface area contributed by atoms with E-state index in [-0.39, 0.29) is 5.75 Å². The predicted molar refractivity (Wildman–Crippen MR) is 111 cm³/mol. The number of aliphatic hydroxyl groups is 4. The molecule has 2 aromatic carbocycles. The number of nitrogens with one attached hydrogen (secondary N) is 1. The smallest absolute Gasteiger partial charge is 0.229 e. The van der Waals surface area contributed by atoms with Crippen molar-refractivity contribution in [3.63, 3.8) is 0 Å².